The van der Waals surface area contributed by atoms with Crippen LogP contribution in [0.15, 0.2) is 36.7 Å². The molecule has 0 aliphatic heterocycles. The number of carbonyl (C=O) groups is 2. The standard InChI is InChI=1S/C15H14N2O3/c1-9-4-3-5-10(2)13(9)14(18)17-12-8-16-7-6-11(12)15(19)20/h3-8H,1-2H3,(H,17,18)(H,19,20). The van der Waals surface area contributed by atoms with E-state index in [4.69, 9.17) is 5.11 Å². The van der Waals surface area contributed by atoms with E-state index in [0.717, 1.165) is 11.1 Å². The number of aromatic carboxylic acids is 1. The molecule has 0 bridgehead atoms. The summed E-state index contributed by atoms with van der Waals surface area (Å²) in [5.74, 6) is -1.44. The number of nitrogens with one attached hydrogen (secondary N) is 1. The molecule has 1 heterocycles. The summed E-state index contributed by atoms with van der Waals surface area (Å²) in [6.45, 7) is 3.67. The summed E-state index contributed by atoms with van der Waals surface area (Å²) >= 11 is 0. The molecule has 0 aliphatic carbocycles. The predicted octanol–water partition coefficient (Wildman–Crippen LogP) is 2.65. The Bertz CT molecular complexity index is 660. The molecule has 0 fully saturated rings. The third-order valence-electron chi connectivity index (χ3n) is 3.01. The van der Waals surface area contributed by atoms with Crippen molar-refractivity contribution in [1.82, 2.24) is 4.98 Å². The highest BCUT2D eigenvalue weighted by molar-refractivity contribution is 6.09. The third-order valence-corrected chi connectivity index (χ3v) is 3.01. The Morgan fingerprint density at radius 3 is 2.40 bits per heavy atom. The van der Waals surface area contributed by atoms with Crippen LogP contribution in [-0.4, -0.2) is 22.0 Å². The Morgan fingerprint density at radius 1 is 1.15 bits per heavy atom. The average Bonchev–Trinajstić information content (AvgIpc) is 2.38. The van der Waals surface area contributed by atoms with Crippen molar-refractivity contribution in [3.05, 3.63) is 58.9 Å². The molecule has 0 spiro atoms. The molecule has 0 saturated heterocycles. The first-order valence-electron chi connectivity index (χ1n) is 6.05. The molecule has 5 nitrogen and oxygen atoms in total. The first-order valence-corrected chi connectivity index (χ1v) is 6.05. The van der Waals surface area contributed by atoms with E-state index in [-0.39, 0.29) is 17.2 Å². The maximum atomic E-state index is 12.3. The van der Waals surface area contributed by atoms with E-state index in [1.807, 2.05) is 32.0 Å². The van der Waals surface area contributed by atoms with Gasteiger partial charge in [-0.05, 0) is 31.0 Å². The topological polar surface area (TPSA) is 79.3 Å². The highest BCUT2D eigenvalue weighted by Gasteiger charge is 2.16. The zero-order chi connectivity index (χ0) is 14.7. The van der Waals surface area contributed by atoms with E-state index in [0.29, 0.717) is 5.56 Å². The van der Waals surface area contributed by atoms with Crippen molar-refractivity contribution < 1.29 is 14.7 Å². The Kier molecular flexibility index (Phi) is 3.79. The maximum Gasteiger partial charge on any atom is 0.337 e. The molecule has 2 N–H and O–H groups in total. The number of pyridine rings is 1. The van der Waals surface area contributed by atoms with Crippen LogP contribution in [0.1, 0.15) is 31.8 Å². The van der Waals surface area contributed by atoms with Gasteiger partial charge in [-0.25, -0.2) is 4.79 Å². The second-order valence-electron chi connectivity index (χ2n) is 4.45. The van der Waals surface area contributed by atoms with E-state index in [1.165, 1.54) is 18.5 Å². The van der Waals surface area contributed by atoms with Gasteiger partial charge >= 0.3 is 5.97 Å². The van der Waals surface area contributed by atoms with Crippen molar-refractivity contribution in [2.24, 2.45) is 0 Å². The van der Waals surface area contributed by atoms with Gasteiger partial charge in [-0.2, -0.15) is 0 Å². The molecule has 5 heteroatoms. The number of benzene rings is 1. The van der Waals surface area contributed by atoms with Crippen molar-refractivity contribution >= 4 is 17.6 Å². The molecule has 2 aromatic rings. The molecular formula is C15H14N2O3. The van der Waals surface area contributed by atoms with E-state index < -0.39 is 5.97 Å². The van der Waals surface area contributed by atoms with Crippen LogP contribution >= 0.6 is 0 Å². The summed E-state index contributed by atoms with van der Waals surface area (Å²) in [4.78, 5) is 27.2. The Balaban J connectivity index is 2.36. The second kappa shape index (κ2) is 5.52. The molecule has 0 aliphatic rings. The van der Waals surface area contributed by atoms with Crippen LogP contribution in [0.4, 0.5) is 5.69 Å². The lowest BCUT2D eigenvalue weighted by Gasteiger charge is -2.11. The smallest absolute Gasteiger partial charge is 0.337 e. The first-order chi connectivity index (χ1) is 9.50. The van der Waals surface area contributed by atoms with Crippen LogP contribution in [0, 0.1) is 13.8 Å². The van der Waals surface area contributed by atoms with Crippen LogP contribution in [0.3, 0.4) is 0 Å². The van der Waals surface area contributed by atoms with Crippen molar-refractivity contribution in [2.45, 2.75) is 13.8 Å². The number of anilines is 1. The fourth-order valence-electron chi connectivity index (χ4n) is 2.04. The summed E-state index contributed by atoms with van der Waals surface area (Å²) in [6.07, 6.45) is 2.70. The Morgan fingerprint density at radius 2 is 1.80 bits per heavy atom. The van der Waals surface area contributed by atoms with Gasteiger partial charge in [-0.1, -0.05) is 18.2 Å². The molecule has 1 amide bonds. The van der Waals surface area contributed by atoms with Gasteiger partial charge < -0.3 is 10.4 Å². The van der Waals surface area contributed by atoms with Gasteiger partial charge in [-0.3, -0.25) is 9.78 Å². The van der Waals surface area contributed by atoms with Gasteiger partial charge in [0.1, 0.15) is 0 Å². The summed E-state index contributed by atoms with van der Waals surface area (Å²) in [6, 6.07) is 6.89. The third kappa shape index (κ3) is 2.66. The maximum absolute atomic E-state index is 12.3. The van der Waals surface area contributed by atoms with Crippen LogP contribution in [0.5, 0.6) is 0 Å². The monoisotopic (exact) mass is 270 g/mol. The van der Waals surface area contributed by atoms with Gasteiger partial charge in [0.05, 0.1) is 17.4 Å². The molecule has 20 heavy (non-hydrogen) atoms. The molecule has 0 atom stereocenters. The zero-order valence-electron chi connectivity index (χ0n) is 11.2. The number of carboxylic acid groups (broad SMARTS) is 1. The van der Waals surface area contributed by atoms with Gasteiger partial charge in [-0.15, -0.1) is 0 Å². The summed E-state index contributed by atoms with van der Waals surface area (Å²) < 4.78 is 0. The van der Waals surface area contributed by atoms with E-state index in [2.05, 4.69) is 10.3 Å². The Labute approximate surface area is 116 Å². The summed E-state index contributed by atoms with van der Waals surface area (Å²) in [5.41, 5.74) is 2.42. The fourth-order valence-corrected chi connectivity index (χ4v) is 2.04. The normalized spacial score (nSPS) is 10.1. The molecule has 102 valence electrons. The first kappa shape index (κ1) is 13.7. The molecule has 1 aromatic heterocycles. The summed E-state index contributed by atoms with van der Waals surface area (Å²) in [7, 11) is 0. The zero-order valence-corrected chi connectivity index (χ0v) is 11.2. The van der Waals surface area contributed by atoms with E-state index in [1.54, 1.807) is 0 Å². The highest BCUT2D eigenvalue weighted by atomic mass is 16.4. The van der Waals surface area contributed by atoms with Crippen molar-refractivity contribution in [3.8, 4) is 0 Å². The molecule has 0 unspecified atom stereocenters. The highest BCUT2D eigenvalue weighted by Crippen LogP contribution is 2.18. The van der Waals surface area contributed by atoms with Gasteiger partial charge in [0.15, 0.2) is 0 Å². The fraction of sp³-hybridized carbons (Fsp3) is 0.133. The number of nitrogens with zero attached hydrogens (tertiary/aromatic N) is 1. The number of hydrogen-bond donors (Lipinski definition) is 2. The van der Waals surface area contributed by atoms with Gasteiger partial charge in [0.2, 0.25) is 0 Å². The van der Waals surface area contributed by atoms with E-state index >= 15 is 0 Å². The SMILES string of the molecule is Cc1cccc(C)c1C(=O)Nc1cnccc1C(=O)O. The lowest BCUT2D eigenvalue weighted by molar-refractivity contribution is 0.0698. The molecule has 1 aromatic carbocycles. The lowest BCUT2D eigenvalue weighted by atomic mass is 10.0. The lowest BCUT2D eigenvalue weighted by Crippen LogP contribution is -2.17. The Hall–Kier alpha value is -2.69. The number of carboxylic acids is 1. The van der Waals surface area contributed by atoms with Gasteiger partial charge in [0, 0.05) is 11.8 Å². The van der Waals surface area contributed by atoms with Crippen molar-refractivity contribution in [3.63, 3.8) is 0 Å². The van der Waals surface area contributed by atoms with Crippen molar-refractivity contribution in [1.29, 1.82) is 0 Å². The van der Waals surface area contributed by atoms with Crippen LogP contribution < -0.4 is 5.32 Å². The quantitative estimate of drug-likeness (QED) is 0.898. The average molecular weight is 270 g/mol. The van der Waals surface area contributed by atoms with Crippen LogP contribution in [0.2, 0.25) is 0 Å². The molecule has 0 saturated carbocycles. The minimum Gasteiger partial charge on any atom is -0.478 e. The minimum atomic E-state index is -1.11. The molecule has 2 rings (SSSR count). The van der Waals surface area contributed by atoms with Crippen molar-refractivity contribution in [2.75, 3.05) is 5.32 Å². The number of carbonyl (C=O) groups excluding carboxylic acids is 1. The van der Waals surface area contributed by atoms with Crippen LogP contribution in [-0.2, 0) is 0 Å². The summed E-state index contributed by atoms with van der Waals surface area (Å²) in [5, 5.41) is 11.7. The number of rotatable bonds is 3. The van der Waals surface area contributed by atoms with Crippen LogP contribution in [0.25, 0.3) is 0 Å². The number of aryl methyl sites for hydroxylation is 2. The number of aromatic nitrogens is 1. The van der Waals surface area contributed by atoms with Gasteiger partial charge in [0.25, 0.3) is 5.91 Å². The predicted molar refractivity (Wildman–Crippen MR) is 75.1 cm³/mol. The van der Waals surface area contributed by atoms with E-state index in [9.17, 15) is 9.59 Å². The number of hydrogen-bond acceptors (Lipinski definition) is 3. The second-order valence-corrected chi connectivity index (χ2v) is 4.45. The minimum absolute atomic E-state index is 0.0135. The largest absolute Gasteiger partial charge is 0.478 e. The molecule has 0 radical (unpaired) electrons. The molecular weight excluding hydrogens is 256 g/mol. The number of amides is 1.